The maximum Gasteiger partial charge on any atom is 0.193 e. The van der Waals surface area contributed by atoms with Gasteiger partial charge in [0.15, 0.2) is 5.22 Å². The number of rotatable bonds is 5. The van der Waals surface area contributed by atoms with Gasteiger partial charge < -0.3 is 9.73 Å². The number of furan rings is 1. The highest BCUT2D eigenvalue weighted by atomic mass is 35.5. The minimum absolute atomic E-state index is 0.344. The molecule has 80 valence electrons. The Balaban J connectivity index is 2.28. The summed E-state index contributed by atoms with van der Waals surface area (Å²) in [7, 11) is 0. The Labute approximate surface area is 90.6 Å². The third-order valence-corrected chi connectivity index (χ3v) is 2.69. The lowest BCUT2D eigenvalue weighted by Gasteiger charge is -2.22. The summed E-state index contributed by atoms with van der Waals surface area (Å²) in [5.41, 5.74) is 0.344. The van der Waals surface area contributed by atoms with Crippen LogP contribution >= 0.6 is 11.6 Å². The van der Waals surface area contributed by atoms with Crippen molar-refractivity contribution in [2.45, 2.75) is 33.7 Å². The lowest BCUT2D eigenvalue weighted by molar-refractivity contribution is 0.321. The van der Waals surface area contributed by atoms with E-state index in [9.17, 15) is 0 Å². The summed E-state index contributed by atoms with van der Waals surface area (Å²) in [6.07, 6.45) is 1.17. The molecule has 14 heavy (non-hydrogen) atoms. The van der Waals surface area contributed by atoms with Crippen LogP contribution < -0.4 is 5.32 Å². The average Bonchev–Trinajstić information content (AvgIpc) is 2.51. The first-order chi connectivity index (χ1) is 6.53. The molecule has 1 aromatic rings. The van der Waals surface area contributed by atoms with Crippen LogP contribution in [0, 0.1) is 5.41 Å². The molecular formula is C11H18ClNO. The van der Waals surface area contributed by atoms with Crippen LogP contribution in [0.5, 0.6) is 0 Å². The summed E-state index contributed by atoms with van der Waals surface area (Å²) >= 11 is 5.66. The van der Waals surface area contributed by atoms with Crippen molar-refractivity contribution >= 4 is 11.6 Å². The molecule has 1 N–H and O–H groups in total. The lowest BCUT2D eigenvalue weighted by Crippen LogP contribution is -2.28. The zero-order chi connectivity index (χ0) is 10.6. The zero-order valence-electron chi connectivity index (χ0n) is 9.06. The van der Waals surface area contributed by atoms with E-state index in [-0.39, 0.29) is 0 Å². The Morgan fingerprint density at radius 3 is 2.64 bits per heavy atom. The Bertz CT molecular complexity index is 281. The number of nitrogens with one attached hydrogen (secondary N) is 1. The van der Waals surface area contributed by atoms with Crippen LogP contribution in [0.4, 0.5) is 0 Å². The van der Waals surface area contributed by atoms with Gasteiger partial charge in [-0.15, -0.1) is 0 Å². The van der Waals surface area contributed by atoms with Crippen molar-refractivity contribution in [1.29, 1.82) is 0 Å². The highest BCUT2D eigenvalue weighted by Gasteiger charge is 2.14. The third-order valence-electron chi connectivity index (χ3n) is 2.49. The van der Waals surface area contributed by atoms with Crippen molar-refractivity contribution in [3.63, 3.8) is 0 Å². The number of halogens is 1. The highest BCUT2D eigenvalue weighted by molar-refractivity contribution is 6.28. The minimum atomic E-state index is 0.344. The van der Waals surface area contributed by atoms with Crippen molar-refractivity contribution in [2.75, 3.05) is 6.54 Å². The smallest absolute Gasteiger partial charge is 0.193 e. The summed E-state index contributed by atoms with van der Waals surface area (Å²) < 4.78 is 5.23. The molecule has 2 nitrogen and oxygen atoms in total. The molecule has 1 heterocycles. The topological polar surface area (TPSA) is 25.2 Å². The standard InChI is InChI=1S/C11H18ClNO/c1-4-11(2,3)8-13-7-9-5-6-10(12)14-9/h5-6,13H,4,7-8H2,1-3H3. The Morgan fingerprint density at radius 1 is 1.43 bits per heavy atom. The molecule has 0 radical (unpaired) electrons. The molecule has 1 rings (SSSR count). The molecule has 0 unspecified atom stereocenters. The molecule has 0 aliphatic carbocycles. The Morgan fingerprint density at radius 2 is 2.14 bits per heavy atom. The molecule has 0 bridgehead atoms. The van der Waals surface area contributed by atoms with Crippen LogP contribution in [0.15, 0.2) is 16.5 Å². The Hall–Kier alpha value is -0.470. The quantitative estimate of drug-likeness (QED) is 0.814. The molecule has 0 aliphatic rings. The summed E-state index contributed by atoms with van der Waals surface area (Å²) in [6.45, 7) is 8.42. The van der Waals surface area contributed by atoms with E-state index in [1.807, 2.05) is 6.07 Å². The van der Waals surface area contributed by atoms with Crippen LogP contribution in [-0.4, -0.2) is 6.54 Å². The molecule has 1 aromatic heterocycles. The Kier molecular flexibility index (Phi) is 4.02. The molecule has 0 amide bonds. The molecule has 0 aromatic carbocycles. The van der Waals surface area contributed by atoms with Gasteiger partial charge in [-0.05, 0) is 35.6 Å². The van der Waals surface area contributed by atoms with Crippen molar-refractivity contribution in [1.82, 2.24) is 5.32 Å². The minimum Gasteiger partial charge on any atom is -0.448 e. The maximum atomic E-state index is 5.66. The van der Waals surface area contributed by atoms with Gasteiger partial charge >= 0.3 is 0 Å². The first-order valence-corrected chi connectivity index (χ1v) is 5.36. The van der Waals surface area contributed by atoms with E-state index in [0.29, 0.717) is 10.6 Å². The van der Waals surface area contributed by atoms with Crippen LogP contribution in [0.25, 0.3) is 0 Å². The van der Waals surface area contributed by atoms with E-state index < -0.39 is 0 Å². The normalized spacial score (nSPS) is 12.0. The van der Waals surface area contributed by atoms with Crippen LogP contribution in [0.1, 0.15) is 33.0 Å². The zero-order valence-corrected chi connectivity index (χ0v) is 9.82. The van der Waals surface area contributed by atoms with E-state index in [4.69, 9.17) is 16.0 Å². The van der Waals surface area contributed by atoms with Crippen molar-refractivity contribution in [2.24, 2.45) is 5.41 Å². The second-order valence-electron chi connectivity index (χ2n) is 4.33. The molecular weight excluding hydrogens is 198 g/mol. The van der Waals surface area contributed by atoms with Crippen molar-refractivity contribution < 1.29 is 4.42 Å². The molecule has 0 aliphatic heterocycles. The molecule has 0 saturated heterocycles. The van der Waals surface area contributed by atoms with E-state index in [1.165, 1.54) is 6.42 Å². The summed E-state index contributed by atoms with van der Waals surface area (Å²) in [6, 6.07) is 3.66. The van der Waals surface area contributed by atoms with Crippen LogP contribution in [0.3, 0.4) is 0 Å². The van der Waals surface area contributed by atoms with Gasteiger partial charge in [0.25, 0.3) is 0 Å². The van der Waals surface area contributed by atoms with Gasteiger partial charge in [-0.3, -0.25) is 0 Å². The predicted octanol–water partition coefficient (Wildman–Crippen LogP) is 3.46. The fourth-order valence-electron chi connectivity index (χ4n) is 1.10. The van der Waals surface area contributed by atoms with Gasteiger partial charge in [0, 0.05) is 6.54 Å². The van der Waals surface area contributed by atoms with E-state index >= 15 is 0 Å². The summed E-state index contributed by atoms with van der Waals surface area (Å²) in [5, 5.41) is 3.81. The molecule has 0 spiro atoms. The second kappa shape index (κ2) is 4.85. The summed E-state index contributed by atoms with van der Waals surface area (Å²) in [5.74, 6) is 0.891. The van der Waals surface area contributed by atoms with Gasteiger partial charge in [0.2, 0.25) is 0 Å². The van der Waals surface area contributed by atoms with Crippen LogP contribution in [0.2, 0.25) is 5.22 Å². The monoisotopic (exact) mass is 215 g/mol. The molecule has 0 fully saturated rings. The van der Waals surface area contributed by atoms with Gasteiger partial charge in [0.1, 0.15) is 5.76 Å². The predicted molar refractivity (Wildman–Crippen MR) is 59.5 cm³/mol. The molecule has 0 atom stereocenters. The summed E-state index contributed by atoms with van der Waals surface area (Å²) in [4.78, 5) is 0. The number of hydrogen-bond acceptors (Lipinski definition) is 2. The lowest BCUT2D eigenvalue weighted by atomic mass is 9.90. The van der Waals surface area contributed by atoms with Crippen molar-refractivity contribution in [3.05, 3.63) is 23.1 Å². The number of hydrogen-bond donors (Lipinski definition) is 1. The molecule has 3 heteroatoms. The van der Waals surface area contributed by atoms with E-state index in [0.717, 1.165) is 18.8 Å². The first kappa shape index (κ1) is 11.6. The van der Waals surface area contributed by atoms with Gasteiger partial charge in [-0.25, -0.2) is 0 Å². The third kappa shape index (κ3) is 3.72. The second-order valence-corrected chi connectivity index (χ2v) is 4.70. The van der Waals surface area contributed by atoms with Gasteiger partial charge in [0.05, 0.1) is 6.54 Å². The van der Waals surface area contributed by atoms with Crippen molar-refractivity contribution in [3.8, 4) is 0 Å². The fraction of sp³-hybridized carbons (Fsp3) is 0.636. The molecule has 0 saturated carbocycles. The van der Waals surface area contributed by atoms with E-state index in [2.05, 4.69) is 26.1 Å². The highest BCUT2D eigenvalue weighted by Crippen LogP contribution is 2.18. The maximum absolute atomic E-state index is 5.66. The average molecular weight is 216 g/mol. The van der Waals surface area contributed by atoms with Gasteiger partial charge in [-0.2, -0.15) is 0 Å². The van der Waals surface area contributed by atoms with Crippen LogP contribution in [-0.2, 0) is 6.54 Å². The van der Waals surface area contributed by atoms with E-state index in [1.54, 1.807) is 6.07 Å². The largest absolute Gasteiger partial charge is 0.448 e. The van der Waals surface area contributed by atoms with Gasteiger partial charge in [-0.1, -0.05) is 20.8 Å². The SMILES string of the molecule is CCC(C)(C)CNCc1ccc(Cl)o1. The first-order valence-electron chi connectivity index (χ1n) is 4.98. The fourth-order valence-corrected chi connectivity index (χ4v) is 1.26.